The van der Waals surface area contributed by atoms with Crippen molar-refractivity contribution in [2.24, 2.45) is 5.92 Å². The smallest absolute Gasteiger partial charge is 0.325 e. The van der Waals surface area contributed by atoms with E-state index in [0.717, 1.165) is 60.7 Å². The maximum absolute atomic E-state index is 11.5. The first-order valence-corrected chi connectivity index (χ1v) is 12.8. The molecule has 1 aliphatic rings. The van der Waals surface area contributed by atoms with Gasteiger partial charge in [-0.05, 0) is 66.3 Å². The lowest BCUT2D eigenvalue weighted by Crippen LogP contribution is -2.40. The molecule has 1 saturated heterocycles. The van der Waals surface area contributed by atoms with E-state index in [1.165, 1.54) is 25.7 Å². The average molecular weight is 479 g/mol. The Morgan fingerprint density at radius 3 is 2.91 bits per heavy atom. The van der Waals surface area contributed by atoms with Crippen LogP contribution in [-0.4, -0.2) is 59.8 Å². The molecule has 10 nitrogen and oxygen atoms in total. The minimum Gasteiger partial charge on any atom is -0.494 e. The zero-order valence-electron chi connectivity index (χ0n) is 20.5. The molecule has 5 rings (SSSR count). The number of imidazole rings is 1. The molecule has 2 N–H and O–H groups in total. The van der Waals surface area contributed by atoms with Crippen LogP contribution in [0.3, 0.4) is 0 Å². The number of tetrazole rings is 1. The van der Waals surface area contributed by atoms with Gasteiger partial charge in [-0.2, -0.15) is 0 Å². The first kappa shape index (κ1) is 23.5. The van der Waals surface area contributed by atoms with Gasteiger partial charge >= 0.3 is 5.69 Å². The molecule has 10 heteroatoms. The molecule has 0 saturated carbocycles. The second kappa shape index (κ2) is 10.6. The van der Waals surface area contributed by atoms with Crippen LogP contribution in [0.15, 0.2) is 29.1 Å². The minimum atomic E-state index is -0.256. The van der Waals surface area contributed by atoms with Crippen LogP contribution in [0.1, 0.15) is 64.4 Å². The summed E-state index contributed by atoms with van der Waals surface area (Å²) in [4.78, 5) is 24.0. The van der Waals surface area contributed by atoms with Crippen molar-refractivity contribution < 1.29 is 4.74 Å². The summed E-state index contributed by atoms with van der Waals surface area (Å²) in [5.41, 5.74) is 1.80. The third kappa shape index (κ3) is 5.22. The Hall–Kier alpha value is -3.27. The Kier molecular flexibility index (Phi) is 7.08. The second-order valence-electron chi connectivity index (χ2n) is 9.46. The van der Waals surface area contributed by atoms with Crippen molar-refractivity contribution in [1.82, 2.24) is 40.1 Å². The minimum absolute atomic E-state index is 0.250. The molecule has 0 amide bonds. The van der Waals surface area contributed by atoms with Gasteiger partial charge < -0.3 is 9.72 Å². The van der Waals surface area contributed by atoms with Crippen molar-refractivity contribution in [3.8, 4) is 5.75 Å². The molecule has 186 valence electrons. The molecule has 4 heterocycles. The van der Waals surface area contributed by atoms with Crippen LogP contribution in [0.25, 0.3) is 22.1 Å². The highest BCUT2D eigenvalue weighted by molar-refractivity contribution is 5.89. The van der Waals surface area contributed by atoms with Crippen LogP contribution in [0.2, 0.25) is 0 Å². The third-order valence-electron chi connectivity index (χ3n) is 7.15. The molecule has 1 aromatic carbocycles. The first-order valence-electron chi connectivity index (χ1n) is 12.8. The van der Waals surface area contributed by atoms with Gasteiger partial charge in [0, 0.05) is 24.9 Å². The lowest BCUT2D eigenvalue weighted by molar-refractivity contribution is 0.0630. The number of H-pyrrole nitrogens is 2. The van der Waals surface area contributed by atoms with Gasteiger partial charge in [-0.1, -0.05) is 26.7 Å². The number of piperidine rings is 1. The van der Waals surface area contributed by atoms with E-state index in [1.54, 1.807) is 0 Å². The standard InChI is InChI=1S/C25H34N8O2/c1-3-17(4-2)16-32-12-6-5-9-23(32)33-22(29-30-31-33)8-7-13-35-19-10-11-20-18(14-19)15-21-24(26-20)28-25(34)27-21/h10-11,14-15,17,23H,3-9,12-13,16H2,1-2H3,(H2,26,27,28,34). The first-order chi connectivity index (χ1) is 17.1. The normalized spacial score (nSPS) is 17.1. The Morgan fingerprint density at radius 1 is 1.17 bits per heavy atom. The monoisotopic (exact) mass is 478 g/mol. The van der Waals surface area contributed by atoms with Gasteiger partial charge in [-0.3, -0.25) is 9.88 Å². The van der Waals surface area contributed by atoms with Crippen molar-refractivity contribution in [3.63, 3.8) is 0 Å². The Labute approximate surface area is 204 Å². The molecule has 3 aromatic heterocycles. The van der Waals surface area contributed by atoms with E-state index in [1.807, 2.05) is 28.9 Å². The summed E-state index contributed by atoms with van der Waals surface area (Å²) in [6.07, 6.45) is 7.81. The highest BCUT2D eigenvalue weighted by atomic mass is 16.5. The van der Waals surface area contributed by atoms with E-state index < -0.39 is 0 Å². The highest BCUT2D eigenvalue weighted by Gasteiger charge is 2.28. The maximum Gasteiger partial charge on any atom is 0.325 e. The topological polar surface area (TPSA) is 118 Å². The molecule has 0 radical (unpaired) electrons. The number of rotatable bonds is 10. The van der Waals surface area contributed by atoms with Gasteiger partial charge in [0.05, 0.1) is 17.6 Å². The summed E-state index contributed by atoms with van der Waals surface area (Å²) in [6, 6.07) is 7.68. The second-order valence-corrected chi connectivity index (χ2v) is 9.46. The predicted molar refractivity (Wildman–Crippen MR) is 134 cm³/mol. The zero-order valence-corrected chi connectivity index (χ0v) is 20.5. The van der Waals surface area contributed by atoms with Crippen molar-refractivity contribution >= 4 is 22.1 Å². The maximum atomic E-state index is 11.5. The van der Waals surface area contributed by atoms with Gasteiger partial charge in [0.25, 0.3) is 0 Å². The molecule has 0 aliphatic carbocycles. The Bertz CT molecular complexity index is 1320. The van der Waals surface area contributed by atoms with Gasteiger partial charge in [-0.15, -0.1) is 5.10 Å². The number of benzene rings is 1. The highest BCUT2D eigenvalue weighted by Crippen LogP contribution is 2.28. The average Bonchev–Trinajstić information content (AvgIpc) is 3.48. The van der Waals surface area contributed by atoms with Crippen LogP contribution in [0, 0.1) is 5.92 Å². The number of aryl methyl sites for hydroxylation is 1. The van der Waals surface area contributed by atoms with E-state index in [2.05, 4.69) is 49.2 Å². The molecule has 0 bridgehead atoms. The number of aromatic amines is 2. The van der Waals surface area contributed by atoms with E-state index >= 15 is 0 Å². The van der Waals surface area contributed by atoms with Crippen LogP contribution in [0.4, 0.5) is 0 Å². The summed E-state index contributed by atoms with van der Waals surface area (Å²) in [7, 11) is 0. The number of likely N-dealkylation sites (tertiary alicyclic amines) is 1. The fourth-order valence-corrected chi connectivity index (χ4v) is 5.07. The summed E-state index contributed by atoms with van der Waals surface area (Å²) >= 11 is 0. The molecule has 1 unspecified atom stereocenters. The van der Waals surface area contributed by atoms with Crippen LogP contribution in [-0.2, 0) is 6.42 Å². The summed E-state index contributed by atoms with van der Waals surface area (Å²) in [5, 5.41) is 13.7. The number of hydrogen-bond donors (Lipinski definition) is 2. The zero-order chi connectivity index (χ0) is 24.2. The van der Waals surface area contributed by atoms with Crippen LogP contribution in [0.5, 0.6) is 5.75 Å². The number of ether oxygens (including phenoxy) is 1. The summed E-state index contributed by atoms with van der Waals surface area (Å²) in [6.45, 7) is 7.35. The summed E-state index contributed by atoms with van der Waals surface area (Å²) < 4.78 is 8.07. The number of aromatic nitrogens is 7. The molecule has 35 heavy (non-hydrogen) atoms. The SMILES string of the molecule is CCC(CC)CN1CCCCC1n1nnnc1CCCOc1ccc2nc3[nH]c(=O)[nH]c3cc2c1. The van der Waals surface area contributed by atoms with Crippen molar-refractivity contribution in [1.29, 1.82) is 0 Å². The Balaban J connectivity index is 1.20. The van der Waals surface area contributed by atoms with Gasteiger partial charge in [0.1, 0.15) is 11.9 Å². The van der Waals surface area contributed by atoms with Crippen LogP contribution < -0.4 is 10.4 Å². The predicted octanol–water partition coefficient (Wildman–Crippen LogP) is 3.82. The van der Waals surface area contributed by atoms with Gasteiger partial charge in [0.15, 0.2) is 11.5 Å². The van der Waals surface area contributed by atoms with Crippen molar-refractivity contribution in [3.05, 3.63) is 40.6 Å². The lowest BCUT2D eigenvalue weighted by atomic mass is 10.00. The van der Waals surface area contributed by atoms with E-state index in [0.29, 0.717) is 17.8 Å². The number of fused-ring (bicyclic) bond motifs is 2. The summed E-state index contributed by atoms with van der Waals surface area (Å²) in [5.74, 6) is 2.42. The molecule has 0 spiro atoms. The Morgan fingerprint density at radius 2 is 2.06 bits per heavy atom. The number of hydrogen-bond acceptors (Lipinski definition) is 7. The van der Waals surface area contributed by atoms with Crippen molar-refractivity contribution in [2.45, 2.75) is 65.0 Å². The molecular formula is C25H34N8O2. The third-order valence-corrected chi connectivity index (χ3v) is 7.15. The number of pyridine rings is 1. The van der Waals surface area contributed by atoms with E-state index in [-0.39, 0.29) is 11.9 Å². The quantitative estimate of drug-likeness (QED) is 0.333. The van der Waals surface area contributed by atoms with E-state index in [9.17, 15) is 4.79 Å². The fraction of sp³-hybridized carbons (Fsp3) is 0.560. The van der Waals surface area contributed by atoms with E-state index in [4.69, 9.17) is 4.74 Å². The molecule has 4 aromatic rings. The fourth-order valence-electron chi connectivity index (χ4n) is 5.07. The molecule has 1 atom stereocenters. The molecular weight excluding hydrogens is 444 g/mol. The largest absolute Gasteiger partial charge is 0.494 e. The van der Waals surface area contributed by atoms with Crippen LogP contribution >= 0.6 is 0 Å². The van der Waals surface area contributed by atoms with Gasteiger partial charge in [-0.25, -0.2) is 14.5 Å². The van der Waals surface area contributed by atoms with Gasteiger partial charge in [0.2, 0.25) is 0 Å². The number of nitrogens with one attached hydrogen (secondary N) is 2. The lowest BCUT2D eigenvalue weighted by Gasteiger charge is -2.37. The van der Waals surface area contributed by atoms with Crippen molar-refractivity contribution in [2.75, 3.05) is 19.7 Å². The number of nitrogens with zero attached hydrogens (tertiary/aromatic N) is 6. The molecule has 1 aliphatic heterocycles. The molecule has 1 fully saturated rings.